The Morgan fingerprint density at radius 1 is 1.25 bits per heavy atom. The summed E-state index contributed by atoms with van der Waals surface area (Å²) in [6.45, 7) is 2.19. The van der Waals surface area contributed by atoms with Crippen LogP contribution in [0.3, 0.4) is 0 Å². The van der Waals surface area contributed by atoms with E-state index in [4.69, 9.17) is 4.74 Å². The maximum absolute atomic E-state index is 5.30. The van der Waals surface area contributed by atoms with Gasteiger partial charge in [-0.15, -0.1) is 0 Å². The molecule has 0 saturated heterocycles. The minimum absolute atomic E-state index is 0.236. The highest BCUT2D eigenvalue weighted by atomic mass is 16.5. The summed E-state index contributed by atoms with van der Waals surface area (Å²) < 4.78 is 5.30. The fraction of sp³-hybridized carbons (Fsp3) is 1.00. The molecule has 0 bridgehead atoms. The Morgan fingerprint density at radius 3 is 2.00 bits per heavy atom. The molecule has 1 saturated carbocycles. The van der Waals surface area contributed by atoms with Crippen LogP contribution >= 0.6 is 0 Å². The summed E-state index contributed by atoms with van der Waals surface area (Å²) in [4.78, 5) is 0. The Bertz CT molecular complexity index is 72.5. The second kappa shape index (κ2) is 2.06. The van der Waals surface area contributed by atoms with E-state index in [0.717, 1.165) is 0 Å². The minimum Gasteiger partial charge on any atom is -0.379 e. The van der Waals surface area contributed by atoms with Gasteiger partial charge in [0.15, 0.2) is 0 Å². The van der Waals surface area contributed by atoms with Gasteiger partial charge in [-0.1, -0.05) is 12.8 Å². The molecule has 1 rings (SSSR count). The molecule has 8 heavy (non-hydrogen) atoms. The van der Waals surface area contributed by atoms with E-state index in [1.54, 1.807) is 0 Å². The van der Waals surface area contributed by atoms with Crippen LogP contribution in [0.2, 0.25) is 0 Å². The van der Waals surface area contributed by atoms with Crippen molar-refractivity contribution in [1.29, 1.82) is 0 Å². The highest BCUT2D eigenvalue weighted by Crippen LogP contribution is 2.31. The molecule has 0 N–H and O–H groups in total. The van der Waals surface area contributed by atoms with Crippen molar-refractivity contribution in [2.45, 2.75) is 38.2 Å². The van der Waals surface area contributed by atoms with Gasteiger partial charge >= 0.3 is 0 Å². The Labute approximate surface area is 51.0 Å². The van der Waals surface area contributed by atoms with Crippen LogP contribution in [0.5, 0.6) is 0 Å². The molecule has 0 unspecified atom stereocenters. The second-order valence-electron chi connectivity index (χ2n) is 2.86. The molecule has 1 aliphatic rings. The van der Waals surface area contributed by atoms with Crippen molar-refractivity contribution in [3.05, 3.63) is 0 Å². The van der Waals surface area contributed by atoms with Gasteiger partial charge in [-0.2, -0.15) is 0 Å². The maximum Gasteiger partial charge on any atom is 0.0650 e. The lowest BCUT2D eigenvalue weighted by atomic mass is 10.1. The predicted molar refractivity (Wildman–Crippen MR) is 33.9 cm³/mol. The summed E-state index contributed by atoms with van der Waals surface area (Å²) >= 11 is 0. The third kappa shape index (κ3) is 1.03. The van der Waals surface area contributed by atoms with Gasteiger partial charge in [0.25, 0.3) is 0 Å². The molecular weight excluding hydrogens is 100 g/mol. The van der Waals surface area contributed by atoms with Gasteiger partial charge in [0.05, 0.1) is 5.60 Å². The van der Waals surface area contributed by atoms with E-state index in [-0.39, 0.29) is 5.60 Å². The predicted octanol–water partition coefficient (Wildman–Crippen LogP) is 1.97. The van der Waals surface area contributed by atoms with Crippen molar-refractivity contribution in [3.63, 3.8) is 0 Å². The van der Waals surface area contributed by atoms with Crippen LogP contribution in [-0.4, -0.2) is 12.7 Å². The average Bonchev–Trinajstić information content (AvgIpc) is 2.17. The van der Waals surface area contributed by atoms with Gasteiger partial charge in [0, 0.05) is 7.11 Å². The van der Waals surface area contributed by atoms with Crippen molar-refractivity contribution >= 4 is 0 Å². The molecule has 48 valence electrons. The molecule has 1 nitrogen and oxygen atoms in total. The lowest BCUT2D eigenvalue weighted by Crippen LogP contribution is -2.21. The van der Waals surface area contributed by atoms with E-state index in [2.05, 4.69) is 6.92 Å². The summed E-state index contributed by atoms with van der Waals surface area (Å²) in [6, 6.07) is 0. The quantitative estimate of drug-likeness (QED) is 0.506. The SMILES string of the molecule is COC1(C)CCCC1. The zero-order valence-corrected chi connectivity index (χ0v) is 5.74. The first-order valence-electron chi connectivity index (χ1n) is 3.32. The topological polar surface area (TPSA) is 9.23 Å². The Hall–Kier alpha value is -0.0400. The van der Waals surface area contributed by atoms with Crippen molar-refractivity contribution in [1.82, 2.24) is 0 Å². The number of hydrogen-bond acceptors (Lipinski definition) is 1. The van der Waals surface area contributed by atoms with E-state index in [0.29, 0.717) is 0 Å². The first kappa shape index (κ1) is 6.09. The molecule has 0 amide bonds. The fourth-order valence-corrected chi connectivity index (χ4v) is 1.33. The first-order valence-corrected chi connectivity index (χ1v) is 3.32. The van der Waals surface area contributed by atoms with Gasteiger partial charge < -0.3 is 4.74 Å². The average molecular weight is 114 g/mol. The van der Waals surface area contributed by atoms with Crippen LogP contribution in [0.4, 0.5) is 0 Å². The van der Waals surface area contributed by atoms with E-state index in [1.807, 2.05) is 7.11 Å². The number of hydrogen-bond donors (Lipinski definition) is 0. The summed E-state index contributed by atoms with van der Waals surface area (Å²) in [5.41, 5.74) is 0.236. The van der Waals surface area contributed by atoms with Crippen LogP contribution in [-0.2, 0) is 4.74 Å². The lowest BCUT2D eigenvalue weighted by molar-refractivity contribution is 0.0126. The van der Waals surface area contributed by atoms with Gasteiger partial charge in [0.1, 0.15) is 0 Å². The van der Waals surface area contributed by atoms with Crippen molar-refractivity contribution < 1.29 is 4.74 Å². The molecule has 0 atom stereocenters. The summed E-state index contributed by atoms with van der Waals surface area (Å²) in [5, 5.41) is 0. The highest BCUT2D eigenvalue weighted by molar-refractivity contribution is 4.80. The van der Waals surface area contributed by atoms with Crippen LogP contribution in [0, 0.1) is 0 Å². The summed E-state index contributed by atoms with van der Waals surface area (Å²) in [6.07, 6.45) is 5.21. The molecule has 1 heteroatoms. The Balaban J connectivity index is 2.40. The van der Waals surface area contributed by atoms with Crippen LogP contribution in [0.15, 0.2) is 0 Å². The van der Waals surface area contributed by atoms with E-state index < -0.39 is 0 Å². The standard InChI is InChI=1S/C7H14O/c1-7(8-2)5-3-4-6-7/h3-6H2,1-2H3. The fourth-order valence-electron chi connectivity index (χ4n) is 1.33. The lowest BCUT2D eigenvalue weighted by Gasteiger charge is -2.20. The van der Waals surface area contributed by atoms with Crippen molar-refractivity contribution in [2.24, 2.45) is 0 Å². The monoisotopic (exact) mass is 114 g/mol. The smallest absolute Gasteiger partial charge is 0.0650 e. The first-order chi connectivity index (χ1) is 3.77. The summed E-state index contributed by atoms with van der Waals surface area (Å²) in [5.74, 6) is 0. The second-order valence-corrected chi connectivity index (χ2v) is 2.86. The Kier molecular flexibility index (Phi) is 1.57. The Morgan fingerprint density at radius 2 is 1.75 bits per heavy atom. The van der Waals surface area contributed by atoms with Crippen LogP contribution < -0.4 is 0 Å². The largest absolute Gasteiger partial charge is 0.379 e. The third-order valence-corrected chi connectivity index (χ3v) is 2.15. The number of rotatable bonds is 1. The zero-order chi connectivity index (χ0) is 6.04. The number of methoxy groups -OCH3 is 1. The normalized spacial score (nSPS) is 26.2. The van der Waals surface area contributed by atoms with Gasteiger partial charge in [-0.3, -0.25) is 0 Å². The molecule has 0 aromatic heterocycles. The maximum atomic E-state index is 5.30. The molecule has 0 heterocycles. The molecule has 1 aliphatic carbocycles. The highest BCUT2D eigenvalue weighted by Gasteiger charge is 2.27. The molecule has 0 aromatic carbocycles. The molecule has 0 radical (unpaired) electrons. The van der Waals surface area contributed by atoms with Crippen molar-refractivity contribution in [3.8, 4) is 0 Å². The molecule has 0 spiro atoms. The number of ether oxygens (including phenoxy) is 1. The van der Waals surface area contributed by atoms with E-state index in [1.165, 1.54) is 25.7 Å². The molecule has 0 aromatic rings. The minimum atomic E-state index is 0.236. The van der Waals surface area contributed by atoms with Gasteiger partial charge in [-0.25, -0.2) is 0 Å². The van der Waals surface area contributed by atoms with E-state index >= 15 is 0 Å². The van der Waals surface area contributed by atoms with Crippen LogP contribution in [0.25, 0.3) is 0 Å². The molecule has 1 fully saturated rings. The molecular formula is C7H14O. The van der Waals surface area contributed by atoms with Crippen LogP contribution in [0.1, 0.15) is 32.6 Å². The molecule has 0 aliphatic heterocycles. The van der Waals surface area contributed by atoms with E-state index in [9.17, 15) is 0 Å². The van der Waals surface area contributed by atoms with Gasteiger partial charge in [0.2, 0.25) is 0 Å². The van der Waals surface area contributed by atoms with Gasteiger partial charge in [-0.05, 0) is 19.8 Å². The third-order valence-electron chi connectivity index (χ3n) is 2.15. The summed E-state index contributed by atoms with van der Waals surface area (Å²) in [7, 11) is 1.81. The zero-order valence-electron chi connectivity index (χ0n) is 5.74. The van der Waals surface area contributed by atoms with Crippen molar-refractivity contribution in [2.75, 3.05) is 7.11 Å².